The van der Waals surface area contributed by atoms with E-state index in [1.54, 1.807) is 43.4 Å². The van der Waals surface area contributed by atoms with Gasteiger partial charge in [-0.25, -0.2) is 4.57 Å². The predicted molar refractivity (Wildman–Crippen MR) is 175 cm³/mol. The number of benzene rings is 4. The van der Waals surface area contributed by atoms with Crippen molar-refractivity contribution in [2.24, 2.45) is 27.5 Å². The van der Waals surface area contributed by atoms with E-state index in [1.807, 2.05) is 0 Å². The van der Waals surface area contributed by atoms with Gasteiger partial charge in [0, 0.05) is 6.92 Å². The second kappa shape index (κ2) is 17.2. The van der Waals surface area contributed by atoms with Crippen LogP contribution in [-0.2, 0) is 38.5 Å². The van der Waals surface area contributed by atoms with Crippen LogP contribution in [0.15, 0.2) is 130 Å². The quantitative estimate of drug-likeness (QED) is 0.0943. The molecule has 1 heterocycles. The number of phenols is 2. The minimum Gasteiger partial charge on any atom is -0.506 e. The molecule has 0 unspecified atom stereocenters. The summed E-state index contributed by atoms with van der Waals surface area (Å²) in [7, 11) is -13.5. The summed E-state index contributed by atoms with van der Waals surface area (Å²) < 4.78 is 111. The van der Waals surface area contributed by atoms with Gasteiger partial charge in [0.15, 0.2) is 11.5 Å². The van der Waals surface area contributed by atoms with E-state index in [9.17, 15) is 47.1 Å². The monoisotopic (exact) mass is 771 g/mol. The Hall–Kier alpha value is -5.87. The fraction of sp³-hybridized carbons (Fsp3) is 0.0690. The Balaban J connectivity index is 0.000000223. The predicted octanol–water partition coefficient (Wildman–Crippen LogP) is 6.48. The summed E-state index contributed by atoms with van der Waals surface area (Å²) >= 11 is 0. The summed E-state index contributed by atoms with van der Waals surface area (Å²) in [4.78, 5) is 0. The van der Waals surface area contributed by atoms with Crippen molar-refractivity contribution < 1.29 is 60.1 Å². The zero-order valence-corrected chi connectivity index (χ0v) is 28.5. The third-order valence-electron chi connectivity index (χ3n) is 5.89. The van der Waals surface area contributed by atoms with E-state index >= 15 is 0 Å². The van der Waals surface area contributed by atoms with Crippen molar-refractivity contribution >= 4 is 54.2 Å². The fourth-order valence-corrected chi connectivity index (χ4v) is 4.87. The number of para-hydroxylation sites is 4. The van der Waals surface area contributed by atoms with Crippen LogP contribution in [0, 0.1) is 6.92 Å². The van der Waals surface area contributed by atoms with E-state index in [2.05, 4.69) is 28.8 Å². The van der Waals surface area contributed by atoms with Crippen molar-refractivity contribution in [3.05, 3.63) is 115 Å². The Kier molecular flexibility index (Phi) is 13.3. The molecule has 0 fully saturated rings. The molecule has 1 aromatic heterocycles. The van der Waals surface area contributed by atoms with Crippen LogP contribution < -0.4 is 12.9 Å². The minimum absolute atomic E-state index is 0.0571. The SMILES string of the molecule is Cc1n(S(=O)(=O)F)cc[n+]1C.O=S(=O)(F)Oc1ccccc1N=Nc1ccccc1OS(=O)(=O)F.Oc1ccccc1N=Nc1ccccc1O. The number of aromatic nitrogens is 2. The molecular formula is C29H26F3N6O10S3+. The van der Waals surface area contributed by atoms with Crippen LogP contribution in [0.25, 0.3) is 0 Å². The lowest BCUT2D eigenvalue weighted by atomic mass is 10.3. The van der Waals surface area contributed by atoms with E-state index < -0.39 is 42.9 Å². The average Bonchev–Trinajstić information content (AvgIpc) is 3.39. The number of hydrogen-bond donors (Lipinski definition) is 2. The highest BCUT2D eigenvalue weighted by Gasteiger charge is 2.22. The molecule has 5 rings (SSSR count). The number of halogens is 3. The Morgan fingerprint density at radius 2 is 0.922 bits per heavy atom. The lowest BCUT2D eigenvalue weighted by Gasteiger charge is -2.04. The molecule has 22 heteroatoms. The van der Waals surface area contributed by atoms with Crippen LogP contribution in [0.4, 0.5) is 34.4 Å². The Bertz CT molecular complexity index is 2250. The van der Waals surface area contributed by atoms with Crippen molar-refractivity contribution in [1.82, 2.24) is 3.97 Å². The third-order valence-corrected chi connectivity index (χ3v) is 7.51. The van der Waals surface area contributed by atoms with Gasteiger partial charge in [-0.1, -0.05) is 64.2 Å². The van der Waals surface area contributed by atoms with Crippen LogP contribution in [0.1, 0.15) is 5.82 Å². The lowest BCUT2D eigenvalue weighted by molar-refractivity contribution is -0.676. The number of imidazole rings is 1. The molecular weight excluding hydrogens is 746 g/mol. The zero-order valence-electron chi connectivity index (χ0n) is 26.1. The molecule has 2 N–H and O–H groups in total. The summed E-state index contributed by atoms with van der Waals surface area (Å²) in [6, 6.07) is 23.6. The number of aromatic hydroxyl groups is 2. The maximum Gasteiger partial charge on any atom is 0.488 e. The highest BCUT2D eigenvalue weighted by Crippen LogP contribution is 2.34. The zero-order chi connectivity index (χ0) is 37.8. The summed E-state index contributed by atoms with van der Waals surface area (Å²) in [6.07, 6.45) is 2.62. The van der Waals surface area contributed by atoms with Gasteiger partial charge in [-0.05, 0) is 48.5 Å². The van der Waals surface area contributed by atoms with Crippen molar-refractivity contribution in [2.75, 3.05) is 0 Å². The van der Waals surface area contributed by atoms with Gasteiger partial charge in [0.1, 0.15) is 46.6 Å². The summed E-state index contributed by atoms with van der Waals surface area (Å²) in [5.74, 6) is -0.448. The third kappa shape index (κ3) is 13.2. The van der Waals surface area contributed by atoms with Crippen molar-refractivity contribution in [3.63, 3.8) is 0 Å². The van der Waals surface area contributed by atoms with Crippen LogP contribution in [-0.4, -0.2) is 39.4 Å². The molecule has 0 aliphatic rings. The smallest absolute Gasteiger partial charge is 0.488 e. The minimum atomic E-state index is -5.27. The first-order chi connectivity index (χ1) is 23.8. The van der Waals surface area contributed by atoms with Gasteiger partial charge >= 0.3 is 31.4 Å². The van der Waals surface area contributed by atoms with Crippen LogP contribution in [0.3, 0.4) is 0 Å². The van der Waals surface area contributed by atoms with Gasteiger partial charge in [0.25, 0.3) is 5.82 Å². The molecule has 4 aromatic carbocycles. The molecule has 0 saturated heterocycles. The van der Waals surface area contributed by atoms with Gasteiger partial charge in [-0.2, -0.15) is 25.3 Å². The van der Waals surface area contributed by atoms with Gasteiger partial charge < -0.3 is 18.6 Å². The average molecular weight is 772 g/mol. The number of aryl methyl sites for hydroxylation is 1. The largest absolute Gasteiger partial charge is 0.506 e. The molecule has 51 heavy (non-hydrogen) atoms. The summed E-state index contributed by atoms with van der Waals surface area (Å²) in [5.41, 5.74) is 0.393. The van der Waals surface area contributed by atoms with E-state index in [0.717, 1.165) is 18.3 Å². The number of hydrogen-bond acceptors (Lipinski definition) is 14. The molecule has 16 nitrogen and oxygen atoms in total. The van der Waals surface area contributed by atoms with Gasteiger partial charge in [0.05, 0.1) is 7.05 Å². The molecule has 0 saturated carbocycles. The van der Waals surface area contributed by atoms with E-state index in [4.69, 9.17) is 0 Å². The Morgan fingerprint density at radius 3 is 1.22 bits per heavy atom. The van der Waals surface area contributed by atoms with Crippen molar-refractivity contribution in [3.8, 4) is 23.0 Å². The molecule has 0 aliphatic heterocycles. The second-order valence-electron chi connectivity index (χ2n) is 9.46. The molecule has 0 radical (unpaired) electrons. The van der Waals surface area contributed by atoms with Crippen LogP contribution in [0.5, 0.6) is 23.0 Å². The van der Waals surface area contributed by atoms with Gasteiger partial charge in [0.2, 0.25) is 0 Å². The van der Waals surface area contributed by atoms with Crippen LogP contribution in [0.2, 0.25) is 0 Å². The first-order valence-corrected chi connectivity index (χ1v) is 17.6. The molecule has 0 aliphatic carbocycles. The highest BCUT2D eigenvalue weighted by atomic mass is 32.3. The number of azo groups is 2. The number of rotatable bonds is 9. The highest BCUT2D eigenvalue weighted by molar-refractivity contribution is 7.84. The number of phenolic OH excluding ortho intramolecular Hbond substituents is 2. The van der Waals surface area contributed by atoms with E-state index in [0.29, 0.717) is 21.2 Å². The molecule has 0 bridgehead atoms. The summed E-state index contributed by atoms with van der Waals surface area (Å²) in [6.45, 7) is 1.51. The number of nitrogens with zero attached hydrogens (tertiary/aromatic N) is 6. The van der Waals surface area contributed by atoms with Crippen molar-refractivity contribution in [2.45, 2.75) is 6.92 Å². The Morgan fingerprint density at radius 1 is 0.588 bits per heavy atom. The van der Waals surface area contributed by atoms with Crippen LogP contribution >= 0.6 is 0 Å². The summed E-state index contributed by atoms with van der Waals surface area (Å²) in [5, 5.41) is 33.8. The molecule has 0 spiro atoms. The molecule has 5 aromatic rings. The van der Waals surface area contributed by atoms with E-state index in [1.165, 1.54) is 66.2 Å². The maximum atomic E-state index is 12.6. The lowest BCUT2D eigenvalue weighted by Crippen LogP contribution is -2.30. The standard InChI is InChI=1S/C12H8F2N2O6S2.C12H10N2O2.C5H8FN2O2S/c13-23(17,18)21-11-7-3-1-5-9(11)15-16-10-6-2-4-8-12(10)22-24(14,19)20;15-11-7-3-1-5-9(11)13-14-10-6-2-4-8-12(10)16;1-5-7(2)3-4-8(5)11(6,9)10/h1-8H;1-8,15-16H;3-4H,1-2H3/q;;+1. The molecule has 270 valence electrons. The normalized spacial score (nSPS) is 11.7. The topological polar surface area (TPSA) is 220 Å². The van der Waals surface area contributed by atoms with Gasteiger partial charge in [-0.15, -0.1) is 20.5 Å². The van der Waals surface area contributed by atoms with Gasteiger partial charge in [-0.3, -0.25) is 0 Å². The maximum absolute atomic E-state index is 12.6. The Labute approximate surface area is 290 Å². The molecule has 0 amide bonds. The molecule has 0 atom stereocenters. The van der Waals surface area contributed by atoms with Crippen molar-refractivity contribution in [1.29, 1.82) is 0 Å². The fourth-order valence-electron chi connectivity index (χ4n) is 3.51. The van der Waals surface area contributed by atoms with E-state index in [-0.39, 0.29) is 22.9 Å². The first-order valence-electron chi connectivity index (χ1n) is 13.7. The second-order valence-corrected chi connectivity index (χ2v) is 12.6. The first kappa shape index (κ1) is 39.6.